The summed E-state index contributed by atoms with van der Waals surface area (Å²) in [5, 5.41) is 0. The van der Waals surface area contributed by atoms with Crippen LogP contribution >= 0.6 is 0 Å². The average molecular weight is 277 g/mol. The number of amides is 1. The summed E-state index contributed by atoms with van der Waals surface area (Å²) < 4.78 is 10.6. The molecule has 4 heteroatoms. The molecule has 1 aliphatic heterocycles. The van der Waals surface area contributed by atoms with E-state index in [4.69, 9.17) is 9.47 Å². The molecule has 20 heavy (non-hydrogen) atoms. The lowest BCUT2D eigenvalue weighted by Crippen LogP contribution is -2.44. The molecule has 1 saturated heterocycles. The summed E-state index contributed by atoms with van der Waals surface area (Å²) in [5.74, 6) is 0.176. The highest BCUT2D eigenvalue weighted by atomic mass is 16.5. The first kappa shape index (κ1) is 15.0. The van der Waals surface area contributed by atoms with Gasteiger partial charge in [0.25, 0.3) is 0 Å². The lowest BCUT2D eigenvalue weighted by Gasteiger charge is -2.29. The summed E-state index contributed by atoms with van der Waals surface area (Å²) in [7, 11) is 3.54. The molecule has 1 amide bonds. The standard InChI is InChI=1S/C16H23NO3/c1-17(16(18)14-8-9-20-11-14)15(12-19-2)10-13-6-4-3-5-7-13/h3-7,14-15H,8-12H2,1-2H3/t14-,15-/m1/s1. The maximum atomic E-state index is 12.4. The van der Waals surface area contributed by atoms with Crippen LogP contribution in [-0.2, 0) is 20.7 Å². The molecule has 1 fully saturated rings. The summed E-state index contributed by atoms with van der Waals surface area (Å²) in [4.78, 5) is 14.3. The molecule has 1 aromatic carbocycles. The van der Waals surface area contributed by atoms with Crippen molar-refractivity contribution in [3.05, 3.63) is 35.9 Å². The van der Waals surface area contributed by atoms with Gasteiger partial charge in [0.15, 0.2) is 0 Å². The van der Waals surface area contributed by atoms with E-state index in [1.807, 2.05) is 30.1 Å². The van der Waals surface area contributed by atoms with Crippen LogP contribution < -0.4 is 0 Å². The number of likely N-dealkylation sites (N-methyl/N-ethyl adjacent to an activating group) is 1. The van der Waals surface area contributed by atoms with Crippen molar-refractivity contribution in [1.29, 1.82) is 0 Å². The van der Waals surface area contributed by atoms with Crippen LogP contribution in [0.3, 0.4) is 0 Å². The SMILES string of the molecule is COC[C@@H](Cc1ccccc1)N(C)C(=O)[C@@H]1CCOC1. The van der Waals surface area contributed by atoms with Crippen LogP contribution in [0, 0.1) is 5.92 Å². The predicted octanol–water partition coefficient (Wildman–Crippen LogP) is 1.74. The second-order valence-corrected chi connectivity index (χ2v) is 5.31. The fourth-order valence-corrected chi connectivity index (χ4v) is 2.58. The summed E-state index contributed by atoms with van der Waals surface area (Å²) in [5.41, 5.74) is 1.22. The van der Waals surface area contributed by atoms with Crippen molar-refractivity contribution >= 4 is 5.91 Å². The molecule has 110 valence electrons. The topological polar surface area (TPSA) is 38.8 Å². The van der Waals surface area contributed by atoms with E-state index >= 15 is 0 Å². The van der Waals surface area contributed by atoms with E-state index in [0.29, 0.717) is 19.8 Å². The number of methoxy groups -OCH3 is 1. The van der Waals surface area contributed by atoms with E-state index in [2.05, 4.69) is 12.1 Å². The van der Waals surface area contributed by atoms with Gasteiger partial charge in [0.1, 0.15) is 0 Å². The van der Waals surface area contributed by atoms with Crippen LogP contribution in [0.1, 0.15) is 12.0 Å². The molecule has 0 bridgehead atoms. The maximum Gasteiger partial charge on any atom is 0.228 e. The molecule has 0 aliphatic carbocycles. The fraction of sp³-hybridized carbons (Fsp3) is 0.562. The minimum Gasteiger partial charge on any atom is -0.383 e. The number of rotatable bonds is 6. The first-order chi connectivity index (χ1) is 9.72. The second kappa shape index (κ2) is 7.41. The van der Waals surface area contributed by atoms with Gasteiger partial charge in [-0.2, -0.15) is 0 Å². The molecule has 0 aromatic heterocycles. The highest BCUT2D eigenvalue weighted by molar-refractivity contribution is 5.79. The number of benzene rings is 1. The normalized spacial score (nSPS) is 19.8. The van der Waals surface area contributed by atoms with E-state index in [9.17, 15) is 4.79 Å². The number of carbonyl (C=O) groups is 1. The van der Waals surface area contributed by atoms with Gasteiger partial charge in [-0.05, 0) is 18.4 Å². The van der Waals surface area contributed by atoms with E-state index < -0.39 is 0 Å². The number of hydrogen-bond donors (Lipinski definition) is 0. The molecule has 1 aromatic rings. The molecule has 0 N–H and O–H groups in total. The molecule has 0 spiro atoms. The molecule has 0 radical (unpaired) electrons. The van der Waals surface area contributed by atoms with Crippen molar-refractivity contribution in [3.8, 4) is 0 Å². The van der Waals surface area contributed by atoms with Crippen molar-refractivity contribution < 1.29 is 14.3 Å². The summed E-state index contributed by atoms with van der Waals surface area (Å²) in [6.45, 7) is 1.79. The van der Waals surface area contributed by atoms with Gasteiger partial charge in [-0.1, -0.05) is 30.3 Å². The van der Waals surface area contributed by atoms with Crippen LogP contribution in [0.15, 0.2) is 30.3 Å². The quantitative estimate of drug-likeness (QED) is 0.795. The summed E-state index contributed by atoms with van der Waals surface area (Å²) in [6.07, 6.45) is 1.64. The Morgan fingerprint density at radius 2 is 2.20 bits per heavy atom. The maximum absolute atomic E-state index is 12.4. The fourth-order valence-electron chi connectivity index (χ4n) is 2.58. The van der Waals surface area contributed by atoms with Crippen LogP contribution in [0.2, 0.25) is 0 Å². The Hall–Kier alpha value is -1.39. The molecular weight excluding hydrogens is 254 g/mol. The number of hydrogen-bond acceptors (Lipinski definition) is 3. The van der Waals surface area contributed by atoms with E-state index in [-0.39, 0.29) is 17.9 Å². The third kappa shape index (κ3) is 3.81. The predicted molar refractivity (Wildman–Crippen MR) is 77.5 cm³/mol. The lowest BCUT2D eigenvalue weighted by atomic mass is 10.0. The van der Waals surface area contributed by atoms with Gasteiger partial charge in [-0.3, -0.25) is 4.79 Å². The zero-order valence-corrected chi connectivity index (χ0v) is 12.2. The molecule has 2 rings (SSSR count). The summed E-state index contributed by atoms with van der Waals surface area (Å²) >= 11 is 0. The second-order valence-electron chi connectivity index (χ2n) is 5.31. The smallest absolute Gasteiger partial charge is 0.228 e. The van der Waals surface area contributed by atoms with Gasteiger partial charge in [-0.25, -0.2) is 0 Å². The lowest BCUT2D eigenvalue weighted by molar-refractivity contribution is -0.137. The van der Waals surface area contributed by atoms with E-state index in [1.54, 1.807) is 7.11 Å². The van der Waals surface area contributed by atoms with Crippen LogP contribution in [0.25, 0.3) is 0 Å². The summed E-state index contributed by atoms with van der Waals surface area (Å²) in [6, 6.07) is 10.3. The van der Waals surface area contributed by atoms with Crippen molar-refractivity contribution in [1.82, 2.24) is 4.90 Å². The minimum atomic E-state index is 0.00938. The van der Waals surface area contributed by atoms with Crippen molar-refractivity contribution in [2.45, 2.75) is 18.9 Å². The first-order valence-corrected chi connectivity index (χ1v) is 7.09. The molecule has 2 atom stereocenters. The van der Waals surface area contributed by atoms with Gasteiger partial charge in [-0.15, -0.1) is 0 Å². The van der Waals surface area contributed by atoms with Crippen molar-refractivity contribution in [2.75, 3.05) is 34.0 Å². The average Bonchev–Trinajstić information content (AvgIpc) is 3.00. The Morgan fingerprint density at radius 1 is 1.45 bits per heavy atom. The Balaban J connectivity index is 2.01. The Kier molecular flexibility index (Phi) is 5.56. The first-order valence-electron chi connectivity index (χ1n) is 7.09. The number of nitrogens with zero attached hydrogens (tertiary/aromatic N) is 1. The Labute approximate surface area is 120 Å². The highest BCUT2D eigenvalue weighted by Gasteiger charge is 2.29. The van der Waals surface area contributed by atoms with Gasteiger partial charge in [0.2, 0.25) is 5.91 Å². The van der Waals surface area contributed by atoms with Crippen molar-refractivity contribution in [2.24, 2.45) is 5.92 Å². The largest absolute Gasteiger partial charge is 0.383 e. The van der Waals surface area contributed by atoms with Crippen LogP contribution in [-0.4, -0.2) is 50.8 Å². The van der Waals surface area contributed by atoms with Crippen LogP contribution in [0.5, 0.6) is 0 Å². The van der Waals surface area contributed by atoms with E-state index in [1.165, 1.54) is 5.56 Å². The molecule has 1 heterocycles. The Bertz CT molecular complexity index is 415. The zero-order valence-electron chi connectivity index (χ0n) is 12.2. The molecule has 0 unspecified atom stereocenters. The number of carbonyl (C=O) groups excluding carboxylic acids is 1. The molecule has 4 nitrogen and oxygen atoms in total. The monoisotopic (exact) mass is 277 g/mol. The molecule has 1 aliphatic rings. The molecule has 0 saturated carbocycles. The van der Waals surface area contributed by atoms with Gasteiger partial charge < -0.3 is 14.4 Å². The molecular formula is C16H23NO3. The third-order valence-electron chi connectivity index (χ3n) is 3.85. The van der Waals surface area contributed by atoms with Crippen LogP contribution in [0.4, 0.5) is 0 Å². The highest BCUT2D eigenvalue weighted by Crippen LogP contribution is 2.18. The van der Waals surface area contributed by atoms with Gasteiger partial charge in [0.05, 0.1) is 25.2 Å². The van der Waals surface area contributed by atoms with Gasteiger partial charge in [0, 0.05) is 20.8 Å². The van der Waals surface area contributed by atoms with E-state index in [0.717, 1.165) is 12.8 Å². The number of ether oxygens (including phenoxy) is 2. The Morgan fingerprint density at radius 3 is 2.80 bits per heavy atom. The zero-order chi connectivity index (χ0) is 14.4. The minimum absolute atomic E-state index is 0.00938. The van der Waals surface area contributed by atoms with Gasteiger partial charge >= 0.3 is 0 Å². The third-order valence-corrected chi connectivity index (χ3v) is 3.85. The van der Waals surface area contributed by atoms with Crippen molar-refractivity contribution in [3.63, 3.8) is 0 Å².